The van der Waals surface area contributed by atoms with Crippen LogP contribution >= 0.6 is 27.5 Å². The van der Waals surface area contributed by atoms with Crippen LogP contribution in [-0.2, 0) is 11.4 Å². The van der Waals surface area contributed by atoms with Crippen LogP contribution in [0.1, 0.15) is 24.2 Å². The highest BCUT2D eigenvalue weighted by Gasteiger charge is 2.24. The van der Waals surface area contributed by atoms with Crippen molar-refractivity contribution in [3.63, 3.8) is 0 Å². The number of amidine groups is 1. The number of aryl methyl sites for hydroxylation is 1. The standard InChI is InChI=1S/C19H17BrClFN4O2/c1-3-26-8-11(10-6-13(21)14(22)7-17(10)26)16-9-28-25-18(23-16)15-5-4-12(20)19(24-15)27-2/h4-8,16H,3,9H2,1-2H3,(H,23,25). The van der Waals surface area contributed by atoms with Crippen molar-refractivity contribution in [2.24, 2.45) is 4.99 Å². The third-order valence-corrected chi connectivity index (χ3v) is 5.49. The Morgan fingerprint density at radius 3 is 3.00 bits per heavy atom. The fourth-order valence-corrected chi connectivity index (χ4v) is 3.77. The molecule has 0 saturated carbocycles. The number of hydrogen-bond acceptors (Lipinski definition) is 5. The number of rotatable bonds is 4. The monoisotopic (exact) mass is 466 g/mol. The lowest BCUT2D eigenvalue weighted by Crippen LogP contribution is -2.33. The van der Waals surface area contributed by atoms with Crippen LogP contribution in [0.4, 0.5) is 4.39 Å². The van der Waals surface area contributed by atoms with Crippen LogP contribution in [0.15, 0.2) is 39.9 Å². The predicted molar refractivity (Wildman–Crippen MR) is 109 cm³/mol. The largest absolute Gasteiger partial charge is 0.480 e. The second kappa shape index (κ2) is 7.69. The van der Waals surface area contributed by atoms with Crippen molar-refractivity contribution in [2.45, 2.75) is 19.5 Å². The highest BCUT2D eigenvalue weighted by atomic mass is 79.9. The van der Waals surface area contributed by atoms with Gasteiger partial charge in [-0.1, -0.05) is 11.6 Å². The number of fused-ring (bicyclic) bond motifs is 1. The van der Waals surface area contributed by atoms with Crippen molar-refractivity contribution in [1.82, 2.24) is 15.0 Å². The molecule has 0 radical (unpaired) electrons. The fraction of sp³-hybridized carbons (Fsp3) is 0.263. The van der Waals surface area contributed by atoms with E-state index in [0.717, 1.165) is 20.9 Å². The molecule has 2 aromatic heterocycles. The van der Waals surface area contributed by atoms with E-state index in [4.69, 9.17) is 26.2 Å². The lowest BCUT2D eigenvalue weighted by Gasteiger charge is -2.21. The van der Waals surface area contributed by atoms with E-state index in [9.17, 15) is 4.39 Å². The van der Waals surface area contributed by atoms with Gasteiger partial charge in [-0.15, -0.1) is 0 Å². The molecule has 28 heavy (non-hydrogen) atoms. The molecule has 1 aliphatic rings. The molecule has 1 aliphatic heterocycles. The molecule has 3 aromatic rings. The van der Waals surface area contributed by atoms with Crippen molar-refractivity contribution in [1.29, 1.82) is 0 Å². The Labute approximate surface area is 174 Å². The summed E-state index contributed by atoms with van der Waals surface area (Å²) in [4.78, 5) is 14.8. The van der Waals surface area contributed by atoms with Crippen LogP contribution in [0.2, 0.25) is 5.02 Å². The van der Waals surface area contributed by atoms with Crippen molar-refractivity contribution in [3.05, 3.63) is 57.0 Å². The smallest absolute Gasteiger partial charge is 0.228 e. The Bertz CT molecular complexity index is 1090. The average molecular weight is 468 g/mol. The molecule has 0 spiro atoms. The van der Waals surface area contributed by atoms with Crippen molar-refractivity contribution in [3.8, 4) is 5.88 Å². The van der Waals surface area contributed by atoms with Crippen molar-refractivity contribution in [2.75, 3.05) is 13.7 Å². The van der Waals surface area contributed by atoms with E-state index < -0.39 is 5.82 Å². The average Bonchev–Trinajstić information content (AvgIpc) is 3.06. The van der Waals surface area contributed by atoms with Gasteiger partial charge in [0.1, 0.15) is 24.2 Å². The molecule has 0 aliphatic carbocycles. The summed E-state index contributed by atoms with van der Waals surface area (Å²) in [6, 6.07) is 6.46. The highest BCUT2D eigenvalue weighted by Crippen LogP contribution is 2.33. The molecule has 0 saturated heterocycles. The summed E-state index contributed by atoms with van der Waals surface area (Å²) in [7, 11) is 1.55. The SMILES string of the molecule is CCn1cc(C2CONC(c3ccc(Br)c(OC)n3)=N2)c2cc(Cl)c(F)cc21. The summed E-state index contributed by atoms with van der Waals surface area (Å²) >= 11 is 9.42. The molecule has 146 valence electrons. The second-order valence-corrected chi connectivity index (χ2v) is 7.51. The fourth-order valence-electron chi connectivity index (χ4n) is 3.22. The zero-order chi connectivity index (χ0) is 19.8. The van der Waals surface area contributed by atoms with Gasteiger partial charge in [0.15, 0.2) is 5.84 Å². The predicted octanol–water partition coefficient (Wildman–Crippen LogP) is 4.64. The van der Waals surface area contributed by atoms with E-state index in [2.05, 4.69) is 26.4 Å². The minimum Gasteiger partial charge on any atom is -0.480 e. The minimum absolute atomic E-state index is 0.0842. The van der Waals surface area contributed by atoms with Gasteiger partial charge in [0.25, 0.3) is 0 Å². The molecule has 1 N–H and O–H groups in total. The maximum Gasteiger partial charge on any atom is 0.228 e. The Morgan fingerprint density at radius 1 is 1.43 bits per heavy atom. The number of hydroxylamine groups is 1. The third-order valence-electron chi connectivity index (χ3n) is 4.60. The first-order chi connectivity index (χ1) is 13.5. The molecule has 1 atom stereocenters. The number of aromatic nitrogens is 2. The van der Waals surface area contributed by atoms with Gasteiger partial charge in [-0.05, 0) is 47.1 Å². The molecule has 0 amide bonds. The zero-order valence-corrected chi connectivity index (χ0v) is 17.5. The van der Waals surface area contributed by atoms with Crippen molar-refractivity contribution < 1.29 is 14.0 Å². The third kappa shape index (κ3) is 3.36. The molecule has 1 aromatic carbocycles. The van der Waals surface area contributed by atoms with E-state index in [1.165, 1.54) is 6.07 Å². The molecule has 3 heterocycles. The van der Waals surface area contributed by atoms with Crippen LogP contribution in [0.3, 0.4) is 0 Å². The van der Waals surface area contributed by atoms with Crippen LogP contribution in [0, 0.1) is 5.82 Å². The van der Waals surface area contributed by atoms with Crippen molar-refractivity contribution >= 4 is 44.3 Å². The molecule has 4 rings (SSSR count). The number of nitrogens with zero attached hydrogens (tertiary/aromatic N) is 3. The molecule has 1 unspecified atom stereocenters. The van der Waals surface area contributed by atoms with E-state index in [-0.39, 0.29) is 11.1 Å². The number of ether oxygens (including phenoxy) is 1. The highest BCUT2D eigenvalue weighted by molar-refractivity contribution is 9.10. The zero-order valence-electron chi connectivity index (χ0n) is 15.2. The number of halogens is 3. The summed E-state index contributed by atoms with van der Waals surface area (Å²) in [5.74, 6) is 0.507. The Hall–Kier alpha value is -2.16. The van der Waals surface area contributed by atoms with Gasteiger partial charge in [0, 0.05) is 23.7 Å². The minimum atomic E-state index is -0.439. The number of aliphatic imine (C=N–C) groups is 1. The number of nitrogens with one attached hydrogen (secondary N) is 1. The number of methoxy groups -OCH3 is 1. The summed E-state index contributed by atoms with van der Waals surface area (Å²) < 4.78 is 21.9. The van der Waals surface area contributed by atoms with E-state index in [1.807, 2.05) is 29.8 Å². The lowest BCUT2D eigenvalue weighted by atomic mass is 10.1. The Kier molecular flexibility index (Phi) is 5.27. The Morgan fingerprint density at radius 2 is 2.25 bits per heavy atom. The summed E-state index contributed by atoms with van der Waals surface area (Å²) in [5.41, 5.74) is 5.10. The van der Waals surface area contributed by atoms with Gasteiger partial charge >= 0.3 is 0 Å². The molecule has 6 nitrogen and oxygen atoms in total. The summed E-state index contributed by atoms with van der Waals surface area (Å²) in [6.07, 6.45) is 1.97. The van der Waals surface area contributed by atoms with E-state index in [0.29, 0.717) is 30.6 Å². The summed E-state index contributed by atoms with van der Waals surface area (Å²) in [5, 5.41) is 0.939. The first kappa shape index (κ1) is 19.2. The van der Waals surface area contributed by atoms with Crippen LogP contribution < -0.4 is 10.2 Å². The molecule has 0 bridgehead atoms. The number of hydrogen-bond donors (Lipinski definition) is 1. The van der Waals surface area contributed by atoms with Crippen LogP contribution in [0.5, 0.6) is 5.88 Å². The molecular formula is C19H17BrClFN4O2. The molecule has 0 fully saturated rings. The van der Waals surface area contributed by atoms with Gasteiger partial charge < -0.3 is 9.30 Å². The molecule has 9 heteroatoms. The van der Waals surface area contributed by atoms with Crippen LogP contribution in [-0.4, -0.2) is 29.1 Å². The lowest BCUT2D eigenvalue weighted by molar-refractivity contribution is 0.0623. The Balaban J connectivity index is 1.79. The maximum atomic E-state index is 14.0. The second-order valence-electron chi connectivity index (χ2n) is 6.25. The van der Waals surface area contributed by atoms with Gasteiger partial charge in [0.2, 0.25) is 5.88 Å². The van der Waals surface area contributed by atoms with Gasteiger partial charge in [-0.3, -0.25) is 9.83 Å². The first-order valence-corrected chi connectivity index (χ1v) is 9.83. The topological polar surface area (TPSA) is 60.7 Å². The van der Waals surface area contributed by atoms with E-state index >= 15 is 0 Å². The van der Waals surface area contributed by atoms with Gasteiger partial charge in [-0.2, -0.15) is 0 Å². The van der Waals surface area contributed by atoms with Crippen LogP contribution in [0.25, 0.3) is 10.9 Å². The summed E-state index contributed by atoms with van der Waals surface area (Å²) in [6.45, 7) is 3.03. The van der Waals surface area contributed by atoms with Gasteiger partial charge in [0.05, 0.1) is 22.1 Å². The quantitative estimate of drug-likeness (QED) is 0.607. The molecular weight excluding hydrogens is 451 g/mol. The first-order valence-electron chi connectivity index (χ1n) is 8.66. The normalized spacial score (nSPS) is 16.8. The number of pyridine rings is 1. The number of benzene rings is 1. The maximum absolute atomic E-state index is 14.0. The van der Waals surface area contributed by atoms with E-state index in [1.54, 1.807) is 13.2 Å². The van der Waals surface area contributed by atoms with Gasteiger partial charge in [-0.25, -0.2) is 14.9 Å².